The highest BCUT2D eigenvalue weighted by Crippen LogP contribution is 2.25. The van der Waals surface area contributed by atoms with Crippen LogP contribution < -0.4 is 10.6 Å². The van der Waals surface area contributed by atoms with Crippen molar-refractivity contribution in [2.75, 3.05) is 30.6 Å². The molecule has 4 atom stereocenters. The molecule has 0 spiro atoms. The number of carbonyl (C=O) groups excluding carboxylic acids is 4. The summed E-state index contributed by atoms with van der Waals surface area (Å²) in [5.41, 5.74) is 0. The molecule has 0 saturated carbocycles. The van der Waals surface area contributed by atoms with E-state index in [1.165, 1.54) is 0 Å². The van der Waals surface area contributed by atoms with Crippen molar-refractivity contribution in [3.8, 4) is 0 Å². The van der Waals surface area contributed by atoms with Gasteiger partial charge in [-0.25, -0.2) is 4.79 Å². The first kappa shape index (κ1) is 28.6. The first-order valence-electron chi connectivity index (χ1n) is 11.2. The molecule has 0 aromatic rings. The molecule has 4 unspecified atom stereocenters. The van der Waals surface area contributed by atoms with Crippen LogP contribution in [0.5, 0.6) is 0 Å². The SMILES string of the molecule is CCC(=O)C(CCSC)N1C(=O)C(NC(=O)C(CCSC)NC(=O)OCC(C)C)CC1C. The minimum absolute atomic E-state index is 0.0404. The number of nitrogens with one attached hydrogen (secondary N) is 2. The molecule has 0 bridgehead atoms. The van der Waals surface area contributed by atoms with Gasteiger partial charge < -0.3 is 20.3 Å². The molecule has 0 radical (unpaired) electrons. The van der Waals surface area contributed by atoms with Crippen molar-refractivity contribution in [2.45, 2.75) is 77.5 Å². The van der Waals surface area contributed by atoms with Gasteiger partial charge in [-0.05, 0) is 56.1 Å². The highest BCUT2D eigenvalue weighted by molar-refractivity contribution is 7.98. The summed E-state index contributed by atoms with van der Waals surface area (Å²) >= 11 is 3.21. The van der Waals surface area contributed by atoms with E-state index in [1.54, 1.807) is 35.3 Å². The van der Waals surface area contributed by atoms with Crippen molar-refractivity contribution < 1.29 is 23.9 Å². The summed E-state index contributed by atoms with van der Waals surface area (Å²) < 4.78 is 5.15. The number of amides is 3. The molecule has 0 aromatic carbocycles. The Hall–Kier alpha value is -1.42. The van der Waals surface area contributed by atoms with E-state index in [2.05, 4.69) is 10.6 Å². The van der Waals surface area contributed by atoms with Gasteiger partial charge in [-0.2, -0.15) is 23.5 Å². The summed E-state index contributed by atoms with van der Waals surface area (Å²) in [7, 11) is 0. The van der Waals surface area contributed by atoms with Crippen LogP contribution in [0.1, 0.15) is 53.4 Å². The van der Waals surface area contributed by atoms with Gasteiger partial charge in [0.15, 0.2) is 5.78 Å². The number of Topliss-reactive ketones (excluding diaryl/α,β-unsaturated/α-hetero) is 1. The summed E-state index contributed by atoms with van der Waals surface area (Å²) in [4.78, 5) is 52.4. The van der Waals surface area contributed by atoms with Crippen molar-refractivity contribution in [3.05, 3.63) is 0 Å². The summed E-state index contributed by atoms with van der Waals surface area (Å²) in [5, 5.41) is 5.44. The Bertz CT molecular complexity index is 647. The van der Waals surface area contributed by atoms with E-state index in [0.717, 1.165) is 5.75 Å². The fraction of sp³-hybridized carbons (Fsp3) is 0.818. The number of hydrogen-bond acceptors (Lipinski definition) is 7. The zero-order valence-corrected chi connectivity index (χ0v) is 21.8. The third-order valence-electron chi connectivity index (χ3n) is 5.34. The second-order valence-corrected chi connectivity index (χ2v) is 10.5. The van der Waals surface area contributed by atoms with Crippen molar-refractivity contribution in [3.63, 3.8) is 0 Å². The molecule has 2 N–H and O–H groups in total. The van der Waals surface area contributed by atoms with E-state index in [0.29, 0.717) is 31.4 Å². The Morgan fingerprint density at radius 3 is 2.34 bits per heavy atom. The van der Waals surface area contributed by atoms with Gasteiger partial charge >= 0.3 is 6.09 Å². The largest absolute Gasteiger partial charge is 0.449 e. The van der Waals surface area contributed by atoms with Crippen LogP contribution in [0.2, 0.25) is 0 Å². The van der Waals surface area contributed by atoms with E-state index >= 15 is 0 Å². The summed E-state index contributed by atoms with van der Waals surface area (Å²) in [6.45, 7) is 7.84. The maximum atomic E-state index is 13.1. The Morgan fingerprint density at radius 2 is 1.78 bits per heavy atom. The van der Waals surface area contributed by atoms with Crippen LogP contribution in [-0.2, 0) is 19.1 Å². The molecule has 0 aliphatic carbocycles. The normalized spacial score (nSPS) is 20.2. The van der Waals surface area contributed by atoms with E-state index in [4.69, 9.17) is 4.74 Å². The second kappa shape index (κ2) is 14.7. The minimum Gasteiger partial charge on any atom is -0.449 e. The average molecular weight is 490 g/mol. The molecule has 0 aromatic heterocycles. The topological polar surface area (TPSA) is 105 Å². The molecular weight excluding hydrogens is 450 g/mol. The molecule has 1 heterocycles. The molecule has 1 aliphatic heterocycles. The Balaban J connectivity index is 2.85. The molecule has 1 saturated heterocycles. The number of nitrogens with zero attached hydrogens (tertiary/aromatic N) is 1. The van der Waals surface area contributed by atoms with E-state index in [-0.39, 0.29) is 30.3 Å². The molecule has 1 aliphatic rings. The van der Waals surface area contributed by atoms with Gasteiger partial charge in [-0.15, -0.1) is 0 Å². The zero-order valence-electron chi connectivity index (χ0n) is 20.1. The third-order valence-corrected chi connectivity index (χ3v) is 6.63. The third kappa shape index (κ3) is 8.84. The van der Waals surface area contributed by atoms with Gasteiger partial charge in [-0.1, -0.05) is 20.8 Å². The highest BCUT2D eigenvalue weighted by atomic mass is 32.2. The van der Waals surface area contributed by atoms with Crippen molar-refractivity contribution in [2.24, 2.45) is 5.92 Å². The lowest BCUT2D eigenvalue weighted by Gasteiger charge is -2.30. The van der Waals surface area contributed by atoms with E-state index in [9.17, 15) is 19.2 Å². The number of ketones is 1. The van der Waals surface area contributed by atoms with Gasteiger partial charge in [0, 0.05) is 12.5 Å². The lowest BCUT2D eigenvalue weighted by molar-refractivity contribution is -0.140. The lowest BCUT2D eigenvalue weighted by atomic mass is 10.1. The van der Waals surface area contributed by atoms with Crippen LogP contribution in [0.15, 0.2) is 0 Å². The first-order chi connectivity index (χ1) is 15.2. The Labute approximate surface area is 200 Å². The maximum Gasteiger partial charge on any atom is 0.407 e. The van der Waals surface area contributed by atoms with E-state index in [1.807, 2.05) is 33.3 Å². The molecule has 3 amide bonds. The molecule has 8 nitrogen and oxygen atoms in total. The zero-order chi connectivity index (χ0) is 24.3. The Kier molecular flexibility index (Phi) is 13.1. The molecule has 1 fully saturated rings. The van der Waals surface area contributed by atoms with Gasteiger partial charge in [-0.3, -0.25) is 14.4 Å². The fourth-order valence-corrected chi connectivity index (χ4v) is 4.59. The summed E-state index contributed by atoms with van der Waals surface area (Å²) in [6.07, 6.45) is 5.08. The van der Waals surface area contributed by atoms with Crippen molar-refractivity contribution in [1.82, 2.24) is 15.5 Å². The van der Waals surface area contributed by atoms with Gasteiger partial charge in [0.2, 0.25) is 11.8 Å². The Morgan fingerprint density at radius 1 is 1.16 bits per heavy atom. The number of likely N-dealkylation sites (tertiary alicyclic amines) is 1. The van der Waals surface area contributed by atoms with Crippen LogP contribution in [0, 0.1) is 5.92 Å². The lowest BCUT2D eigenvalue weighted by Crippen LogP contribution is -2.53. The molecule has 1 rings (SSSR count). The van der Waals surface area contributed by atoms with Crippen molar-refractivity contribution >= 4 is 47.2 Å². The first-order valence-corrected chi connectivity index (χ1v) is 14.0. The van der Waals surface area contributed by atoms with Crippen LogP contribution in [-0.4, -0.2) is 83.4 Å². The molecule has 184 valence electrons. The van der Waals surface area contributed by atoms with Crippen LogP contribution in [0.3, 0.4) is 0 Å². The summed E-state index contributed by atoms with van der Waals surface area (Å²) in [5.74, 6) is 1.04. The van der Waals surface area contributed by atoms with Crippen molar-refractivity contribution in [1.29, 1.82) is 0 Å². The number of thioether (sulfide) groups is 2. The fourth-order valence-electron chi connectivity index (χ4n) is 3.66. The average Bonchev–Trinajstić information content (AvgIpc) is 3.02. The predicted octanol–water partition coefficient (Wildman–Crippen LogP) is 2.70. The number of alkyl carbamates (subject to hydrolysis) is 1. The van der Waals surface area contributed by atoms with Gasteiger partial charge in [0.1, 0.15) is 12.1 Å². The second-order valence-electron chi connectivity index (χ2n) is 8.48. The monoisotopic (exact) mass is 489 g/mol. The molecule has 10 heteroatoms. The number of hydrogen-bond donors (Lipinski definition) is 2. The van der Waals surface area contributed by atoms with Gasteiger partial charge in [0.25, 0.3) is 0 Å². The van der Waals surface area contributed by atoms with Crippen LogP contribution in [0.25, 0.3) is 0 Å². The maximum absolute atomic E-state index is 13.1. The standard InChI is InChI=1S/C22H39N3O5S2/c1-7-19(26)18(9-11-32-6)25-15(4)12-17(21(25)28)23-20(27)16(8-10-31-5)24-22(29)30-13-14(2)3/h14-18H,7-13H2,1-6H3,(H,23,27)(H,24,29). The predicted molar refractivity (Wildman–Crippen MR) is 131 cm³/mol. The number of carbonyl (C=O) groups is 4. The molecule has 32 heavy (non-hydrogen) atoms. The minimum atomic E-state index is -0.788. The number of ether oxygens (including phenoxy) is 1. The number of rotatable bonds is 14. The van der Waals surface area contributed by atoms with Gasteiger partial charge in [0.05, 0.1) is 12.6 Å². The quantitative estimate of drug-likeness (QED) is 0.386. The smallest absolute Gasteiger partial charge is 0.407 e. The summed E-state index contributed by atoms with van der Waals surface area (Å²) in [6, 6.07) is -2.11. The van der Waals surface area contributed by atoms with E-state index < -0.39 is 30.1 Å². The van der Waals surface area contributed by atoms with Crippen LogP contribution in [0.4, 0.5) is 4.79 Å². The highest BCUT2D eigenvalue weighted by Gasteiger charge is 2.43. The van der Waals surface area contributed by atoms with Crippen LogP contribution >= 0.6 is 23.5 Å². The molecular formula is C22H39N3O5S2.